The molecule has 468 valence electrons. The third kappa shape index (κ3) is 26.8. The summed E-state index contributed by atoms with van der Waals surface area (Å²) in [5.41, 5.74) is 1.89. The maximum atomic E-state index is 12.9. The molecule has 0 aromatic heterocycles. The molecule has 4 heterocycles. The van der Waals surface area contributed by atoms with E-state index >= 15 is 0 Å². The van der Waals surface area contributed by atoms with E-state index in [1.807, 2.05) is 24.3 Å². The highest BCUT2D eigenvalue weighted by atomic mass is 16.6. The number of unbranched alkanes of at least 4 members (excludes halogenated alkanes) is 8. The van der Waals surface area contributed by atoms with Crippen LogP contribution in [-0.2, 0) is 33.8 Å². The Morgan fingerprint density at radius 1 is 0.434 bits per heavy atom. The molecule has 0 spiro atoms. The first-order chi connectivity index (χ1) is 40.1. The van der Waals surface area contributed by atoms with E-state index < -0.39 is 36.6 Å². The van der Waals surface area contributed by atoms with Crippen LogP contribution in [0.1, 0.15) is 144 Å². The summed E-state index contributed by atoms with van der Waals surface area (Å²) in [5, 5.41) is 11.6. The summed E-state index contributed by atoms with van der Waals surface area (Å²) in [4.78, 5) is 59.9. The Bertz CT molecular complexity index is 2040. The van der Waals surface area contributed by atoms with Gasteiger partial charge in [-0.25, -0.2) is 19.2 Å². The van der Waals surface area contributed by atoms with Crippen LogP contribution in [0.25, 0.3) is 0 Å². The lowest BCUT2D eigenvalue weighted by atomic mass is 9.78. The zero-order valence-corrected chi connectivity index (χ0v) is 51.6. The summed E-state index contributed by atoms with van der Waals surface area (Å²) in [6, 6.07) is 18.1. The zero-order valence-electron chi connectivity index (χ0n) is 51.6. The highest BCUT2D eigenvalue weighted by Gasteiger charge is 2.36. The molecule has 0 aliphatic carbocycles. The van der Waals surface area contributed by atoms with E-state index in [-0.39, 0.29) is 30.8 Å². The predicted molar refractivity (Wildman–Crippen MR) is 322 cm³/mol. The number of nitrogens with zero attached hydrogens (tertiary/aromatic N) is 4. The number of carbonyl (C=O) groups excluding carboxylic acids is 4. The molecular weight excluding hydrogens is 1060 g/mol. The molecular formula is C63H104N8O12. The summed E-state index contributed by atoms with van der Waals surface area (Å²) in [7, 11) is 0. The summed E-state index contributed by atoms with van der Waals surface area (Å²) in [5.74, 6) is 1.39. The van der Waals surface area contributed by atoms with Gasteiger partial charge in [0, 0.05) is 121 Å². The third-order valence-electron chi connectivity index (χ3n) is 16.0. The van der Waals surface area contributed by atoms with Crippen LogP contribution in [0.15, 0.2) is 48.5 Å². The minimum Gasteiger partial charge on any atom is -0.490 e. The van der Waals surface area contributed by atoms with Gasteiger partial charge in [0.25, 0.3) is 0 Å². The molecule has 0 bridgehead atoms. The van der Waals surface area contributed by atoms with Gasteiger partial charge in [0.05, 0.1) is 13.2 Å². The monoisotopic (exact) mass is 1160 g/mol. The topological polar surface area (TPSA) is 202 Å². The van der Waals surface area contributed by atoms with Gasteiger partial charge < -0.3 is 59.2 Å². The Kier molecular flexibility index (Phi) is 29.1. The first-order valence-electron chi connectivity index (χ1n) is 31.5. The van der Waals surface area contributed by atoms with Crippen molar-refractivity contribution < 1.29 is 57.1 Å². The van der Waals surface area contributed by atoms with Crippen LogP contribution < -0.4 is 30.7 Å². The molecule has 4 aliphatic heterocycles. The van der Waals surface area contributed by atoms with E-state index in [0.717, 1.165) is 114 Å². The molecule has 20 nitrogen and oxygen atoms in total. The first-order valence-corrected chi connectivity index (χ1v) is 31.5. The van der Waals surface area contributed by atoms with Gasteiger partial charge in [-0.15, -0.1) is 0 Å². The number of ether oxygens (including phenoxy) is 8. The van der Waals surface area contributed by atoms with Crippen LogP contribution in [0.4, 0.5) is 19.2 Å². The number of rotatable bonds is 44. The number of nitrogens with one attached hydrogen (secondary N) is 4. The van der Waals surface area contributed by atoms with E-state index in [0.29, 0.717) is 114 Å². The highest BCUT2D eigenvalue weighted by molar-refractivity contribution is 5.68. The molecule has 4 amide bonds. The fourth-order valence-electron chi connectivity index (χ4n) is 9.87. The van der Waals surface area contributed by atoms with Crippen LogP contribution in [0.3, 0.4) is 0 Å². The number of amides is 4. The fraction of sp³-hybridized carbons (Fsp3) is 0.746. The molecule has 4 N–H and O–H groups in total. The lowest BCUT2D eigenvalue weighted by Crippen LogP contribution is -2.37. The van der Waals surface area contributed by atoms with E-state index in [2.05, 4.69) is 121 Å². The lowest BCUT2D eigenvalue weighted by Gasteiger charge is -2.27. The second kappa shape index (κ2) is 36.0. The summed E-state index contributed by atoms with van der Waals surface area (Å²) in [6.45, 7) is 28.5. The van der Waals surface area contributed by atoms with Crippen molar-refractivity contribution in [1.29, 1.82) is 0 Å². The summed E-state index contributed by atoms with van der Waals surface area (Å²) < 4.78 is 47.1. The molecule has 4 saturated heterocycles. The molecule has 4 fully saturated rings. The second-order valence-corrected chi connectivity index (χ2v) is 24.0. The maximum Gasteiger partial charge on any atom is 0.407 e. The Morgan fingerprint density at radius 3 is 0.952 bits per heavy atom. The third-order valence-corrected chi connectivity index (χ3v) is 16.0. The highest BCUT2D eigenvalue weighted by Crippen LogP contribution is 2.34. The van der Waals surface area contributed by atoms with Crippen LogP contribution in [-0.4, -0.2) is 211 Å². The molecule has 12 atom stereocenters. The van der Waals surface area contributed by atoms with Gasteiger partial charge in [-0.3, -0.25) is 19.6 Å². The number of hydrogen-bond donors (Lipinski definition) is 4. The van der Waals surface area contributed by atoms with Crippen molar-refractivity contribution in [3.8, 4) is 11.5 Å². The summed E-state index contributed by atoms with van der Waals surface area (Å²) in [6.07, 6.45) is 7.83. The quantitative estimate of drug-likeness (QED) is 0.0278. The Hall–Kier alpha value is -5.12. The van der Waals surface area contributed by atoms with Gasteiger partial charge in [0.1, 0.15) is 36.9 Å². The lowest BCUT2D eigenvalue weighted by molar-refractivity contribution is 0.0124. The van der Waals surface area contributed by atoms with Crippen molar-refractivity contribution >= 4 is 24.4 Å². The summed E-state index contributed by atoms with van der Waals surface area (Å²) >= 11 is 0. The standard InChI is InChI=1S/C63H104N8O12/c1-9-11-33-76-43-55(39-68-35-47(68)3)80-59(72)64-29-17-13-15-19-31-66-61(74)82-57(41-70-37-49(70)5)45-78-53-25-21-51(22-26-53)63(7,8)52-23-27-54(28-24-52)79-46-58(42-71-38-50(71)6)83-62(75)67-32-20-16-14-18-30-65-60(73)81-56(40-69-36-48(69)4)44-77-34-12-10-2/h21-28,47-50,55-58H,9-20,29-46H2,1-8H3,(H,64,72)(H,65,73)(H,66,74)(H,67,75). The maximum absolute atomic E-state index is 12.9. The Labute approximate surface area is 496 Å². The molecule has 4 aliphatic rings. The number of benzene rings is 2. The number of carbonyl (C=O) groups is 4. The molecule has 0 radical (unpaired) electrons. The van der Waals surface area contributed by atoms with Crippen molar-refractivity contribution in [3.05, 3.63) is 59.7 Å². The zero-order chi connectivity index (χ0) is 59.4. The minimum absolute atomic E-state index is 0.227. The molecule has 12 unspecified atom stereocenters. The van der Waals surface area contributed by atoms with Gasteiger partial charge in [-0.2, -0.15) is 0 Å². The van der Waals surface area contributed by atoms with Crippen LogP contribution >= 0.6 is 0 Å². The van der Waals surface area contributed by atoms with Crippen molar-refractivity contribution in [1.82, 2.24) is 40.9 Å². The van der Waals surface area contributed by atoms with Crippen LogP contribution in [0.2, 0.25) is 0 Å². The van der Waals surface area contributed by atoms with Gasteiger partial charge in [-0.05, 0) is 102 Å². The molecule has 0 saturated carbocycles. The molecule has 20 heteroatoms. The van der Waals surface area contributed by atoms with Crippen LogP contribution in [0.5, 0.6) is 11.5 Å². The van der Waals surface area contributed by atoms with E-state index in [4.69, 9.17) is 37.9 Å². The Morgan fingerprint density at radius 2 is 0.699 bits per heavy atom. The smallest absolute Gasteiger partial charge is 0.407 e. The van der Waals surface area contributed by atoms with E-state index in [1.165, 1.54) is 0 Å². The SMILES string of the molecule is CCCCOCC(CN1CC1C)OC(=O)NCCCCCCNC(=O)OC(COc1ccc(C(C)(C)c2ccc(OCC(CN3CC3C)OC(=O)NCCCCCCNC(=O)OC(COCCCC)CN3CC3C)cc2)cc1)CN1CC1C. The number of hydrogen-bond acceptors (Lipinski definition) is 16. The van der Waals surface area contributed by atoms with Crippen molar-refractivity contribution in [3.63, 3.8) is 0 Å². The van der Waals surface area contributed by atoms with E-state index in [9.17, 15) is 19.2 Å². The first kappa shape index (κ1) is 67.0. The molecule has 6 rings (SSSR count). The van der Waals surface area contributed by atoms with Crippen molar-refractivity contribution in [2.24, 2.45) is 0 Å². The normalized spacial score (nSPS) is 22.7. The van der Waals surface area contributed by atoms with E-state index in [1.54, 1.807) is 0 Å². The van der Waals surface area contributed by atoms with Crippen LogP contribution in [0, 0.1) is 0 Å². The second-order valence-electron chi connectivity index (χ2n) is 24.0. The Balaban J connectivity index is 0.831. The average molecular weight is 1170 g/mol. The van der Waals surface area contributed by atoms with Gasteiger partial charge >= 0.3 is 24.4 Å². The van der Waals surface area contributed by atoms with Gasteiger partial charge in [0.2, 0.25) is 0 Å². The fourth-order valence-corrected chi connectivity index (χ4v) is 9.87. The molecule has 2 aromatic carbocycles. The number of alkyl carbamates (subject to hydrolysis) is 4. The van der Waals surface area contributed by atoms with Crippen molar-refractivity contribution in [2.45, 2.75) is 186 Å². The van der Waals surface area contributed by atoms with Crippen molar-refractivity contribution in [2.75, 3.05) is 118 Å². The predicted octanol–water partition coefficient (Wildman–Crippen LogP) is 8.72. The van der Waals surface area contributed by atoms with Gasteiger partial charge in [-0.1, -0.05) is 90.5 Å². The average Bonchev–Trinajstić information content (AvgIpc) is 4.50. The van der Waals surface area contributed by atoms with Gasteiger partial charge in [0.15, 0.2) is 12.2 Å². The largest absolute Gasteiger partial charge is 0.490 e. The molecule has 2 aromatic rings. The molecule has 83 heavy (non-hydrogen) atoms. The minimum atomic E-state index is -0.453.